The first-order chi connectivity index (χ1) is 9.00. The van der Waals surface area contributed by atoms with Crippen LogP contribution in [0.4, 0.5) is 4.39 Å². The van der Waals surface area contributed by atoms with Crippen LogP contribution in [-0.4, -0.2) is 37.0 Å². The summed E-state index contributed by atoms with van der Waals surface area (Å²) >= 11 is 0. The van der Waals surface area contributed by atoms with Crippen LogP contribution in [0.25, 0.3) is 0 Å². The number of aliphatic hydroxyl groups excluding tert-OH is 1. The van der Waals surface area contributed by atoms with E-state index in [2.05, 4.69) is 0 Å². The van der Waals surface area contributed by atoms with Gasteiger partial charge in [0.05, 0.1) is 11.5 Å². The van der Waals surface area contributed by atoms with Gasteiger partial charge in [-0.1, -0.05) is 0 Å². The van der Waals surface area contributed by atoms with Crippen molar-refractivity contribution in [2.45, 2.75) is 30.3 Å². The van der Waals surface area contributed by atoms with Crippen molar-refractivity contribution in [2.24, 2.45) is 5.73 Å². The van der Waals surface area contributed by atoms with Crippen LogP contribution in [0.1, 0.15) is 18.4 Å². The molecule has 0 aromatic heterocycles. The van der Waals surface area contributed by atoms with E-state index in [9.17, 15) is 17.9 Å². The molecule has 1 unspecified atom stereocenters. The predicted octanol–water partition coefficient (Wildman–Crippen LogP) is 0.430. The standard InChI is InChI=1S/C12H17FN2O3S/c13-12-4-3-11(6-9(12)7-14)19(17,18)15-5-1-2-10(15)8-16/h3-4,6,10,16H,1-2,5,7-8,14H2. The van der Waals surface area contributed by atoms with Crippen LogP contribution in [-0.2, 0) is 16.6 Å². The minimum absolute atomic E-state index is 0.0229. The Labute approximate surface area is 111 Å². The molecule has 19 heavy (non-hydrogen) atoms. The Balaban J connectivity index is 2.39. The number of halogens is 1. The topological polar surface area (TPSA) is 83.6 Å². The summed E-state index contributed by atoms with van der Waals surface area (Å²) in [5.41, 5.74) is 5.55. The summed E-state index contributed by atoms with van der Waals surface area (Å²) in [4.78, 5) is 0.0229. The Morgan fingerprint density at radius 1 is 1.47 bits per heavy atom. The molecule has 1 fully saturated rings. The van der Waals surface area contributed by atoms with E-state index in [1.165, 1.54) is 16.4 Å². The second-order valence-corrected chi connectivity index (χ2v) is 6.44. The predicted molar refractivity (Wildman–Crippen MR) is 68.3 cm³/mol. The van der Waals surface area contributed by atoms with E-state index in [-0.39, 0.29) is 23.6 Å². The number of aliphatic hydroxyl groups is 1. The maximum Gasteiger partial charge on any atom is 0.243 e. The normalized spacial score (nSPS) is 20.9. The van der Waals surface area contributed by atoms with Gasteiger partial charge in [0.15, 0.2) is 0 Å². The fourth-order valence-electron chi connectivity index (χ4n) is 2.31. The Hall–Kier alpha value is -1.02. The molecule has 1 saturated heterocycles. The van der Waals surface area contributed by atoms with Gasteiger partial charge in [0.2, 0.25) is 10.0 Å². The van der Waals surface area contributed by atoms with Crippen LogP contribution < -0.4 is 5.73 Å². The molecule has 1 heterocycles. The summed E-state index contributed by atoms with van der Waals surface area (Å²) in [6.07, 6.45) is 1.36. The van der Waals surface area contributed by atoms with Gasteiger partial charge in [-0.05, 0) is 31.0 Å². The monoisotopic (exact) mass is 288 g/mol. The van der Waals surface area contributed by atoms with Crippen molar-refractivity contribution in [3.63, 3.8) is 0 Å². The Bertz CT molecular complexity index is 562. The van der Waals surface area contributed by atoms with Gasteiger partial charge in [-0.2, -0.15) is 4.31 Å². The minimum atomic E-state index is -3.70. The summed E-state index contributed by atoms with van der Waals surface area (Å²) in [7, 11) is -3.70. The highest BCUT2D eigenvalue weighted by Gasteiger charge is 2.34. The van der Waals surface area contributed by atoms with E-state index in [1.807, 2.05) is 0 Å². The second kappa shape index (κ2) is 5.54. The van der Waals surface area contributed by atoms with E-state index in [0.29, 0.717) is 13.0 Å². The fraction of sp³-hybridized carbons (Fsp3) is 0.500. The molecule has 0 bridgehead atoms. The van der Waals surface area contributed by atoms with Crippen LogP contribution in [0.2, 0.25) is 0 Å². The van der Waals surface area contributed by atoms with Gasteiger partial charge in [0, 0.05) is 24.7 Å². The van der Waals surface area contributed by atoms with E-state index in [4.69, 9.17) is 5.73 Å². The maximum absolute atomic E-state index is 13.3. The maximum atomic E-state index is 13.3. The molecule has 7 heteroatoms. The third kappa shape index (κ3) is 2.64. The summed E-state index contributed by atoms with van der Waals surface area (Å²) in [6, 6.07) is 3.21. The van der Waals surface area contributed by atoms with Crippen molar-refractivity contribution < 1.29 is 17.9 Å². The zero-order valence-corrected chi connectivity index (χ0v) is 11.2. The number of hydrogen-bond acceptors (Lipinski definition) is 4. The molecule has 1 aliphatic rings. The van der Waals surface area contributed by atoms with Gasteiger partial charge in [-0.3, -0.25) is 0 Å². The lowest BCUT2D eigenvalue weighted by Gasteiger charge is -2.22. The summed E-state index contributed by atoms with van der Waals surface area (Å²) in [5.74, 6) is -0.512. The molecule has 0 aliphatic carbocycles. The molecule has 1 atom stereocenters. The SMILES string of the molecule is NCc1cc(S(=O)(=O)N2CCCC2CO)ccc1F. The van der Waals surface area contributed by atoms with Crippen molar-refractivity contribution in [1.82, 2.24) is 4.31 Å². The van der Waals surface area contributed by atoms with Crippen LogP contribution >= 0.6 is 0 Å². The third-order valence-electron chi connectivity index (χ3n) is 3.38. The minimum Gasteiger partial charge on any atom is -0.395 e. The molecule has 2 rings (SSSR count). The first-order valence-corrected chi connectivity index (χ1v) is 7.56. The van der Waals surface area contributed by atoms with Gasteiger partial charge in [0.1, 0.15) is 5.82 Å². The van der Waals surface area contributed by atoms with Gasteiger partial charge >= 0.3 is 0 Å². The zero-order valence-electron chi connectivity index (χ0n) is 10.4. The highest BCUT2D eigenvalue weighted by Crippen LogP contribution is 2.26. The lowest BCUT2D eigenvalue weighted by atomic mass is 10.2. The zero-order chi connectivity index (χ0) is 14.0. The molecule has 0 radical (unpaired) electrons. The van der Waals surface area contributed by atoms with Gasteiger partial charge < -0.3 is 10.8 Å². The van der Waals surface area contributed by atoms with E-state index >= 15 is 0 Å². The molecule has 0 spiro atoms. The van der Waals surface area contributed by atoms with Gasteiger partial charge in [-0.25, -0.2) is 12.8 Å². The number of benzene rings is 1. The summed E-state index contributed by atoms with van der Waals surface area (Å²) < 4.78 is 39.5. The number of hydrogen-bond donors (Lipinski definition) is 2. The van der Waals surface area contributed by atoms with Crippen LogP contribution in [0.15, 0.2) is 23.1 Å². The molecule has 106 valence electrons. The number of nitrogens with zero attached hydrogens (tertiary/aromatic N) is 1. The molecule has 1 aromatic carbocycles. The average Bonchev–Trinajstić information content (AvgIpc) is 2.88. The molecule has 1 aliphatic heterocycles. The van der Waals surface area contributed by atoms with Crippen molar-refractivity contribution in [1.29, 1.82) is 0 Å². The van der Waals surface area contributed by atoms with Crippen LogP contribution in [0.3, 0.4) is 0 Å². The molecule has 0 amide bonds. The first kappa shape index (κ1) is 14.4. The number of sulfonamides is 1. The average molecular weight is 288 g/mol. The largest absolute Gasteiger partial charge is 0.395 e. The highest BCUT2D eigenvalue weighted by molar-refractivity contribution is 7.89. The van der Waals surface area contributed by atoms with E-state index in [1.54, 1.807) is 0 Å². The fourth-order valence-corrected chi connectivity index (χ4v) is 4.05. The van der Waals surface area contributed by atoms with Crippen molar-refractivity contribution in [2.75, 3.05) is 13.2 Å². The molecule has 1 aromatic rings. The van der Waals surface area contributed by atoms with Crippen molar-refractivity contribution in [3.05, 3.63) is 29.6 Å². The molecule has 3 N–H and O–H groups in total. The Morgan fingerprint density at radius 2 is 2.21 bits per heavy atom. The van der Waals surface area contributed by atoms with Crippen molar-refractivity contribution >= 4 is 10.0 Å². The second-order valence-electron chi connectivity index (χ2n) is 4.55. The van der Waals surface area contributed by atoms with Crippen LogP contribution in [0, 0.1) is 5.82 Å². The quantitative estimate of drug-likeness (QED) is 0.841. The van der Waals surface area contributed by atoms with Gasteiger partial charge in [-0.15, -0.1) is 0 Å². The molecular weight excluding hydrogens is 271 g/mol. The van der Waals surface area contributed by atoms with Crippen LogP contribution in [0.5, 0.6) is 0 Å². The Morgan fingerprint density at radius 3 is 2.84 bits per heavy atom. The highest BCUT2D eigenvalue weighted by atomic mass is 32.2. The van der Waals surface area contributed by atoms with Crippen molar-refractivity contribution in [3.8, 4) is 0 Å². The molecular formula is C12H17FN2O3S. The molecule has 5 nitrogen and oxygen atoms in total. The smallest absolute Gasteiger partial charge is 0.243 e. The third-order valence-corrected chi connectivity index (χ3v) is 5.33. The number of rotatable bonds is 4. The lowest BCUT2D eigenvalue weighted by Crippen LogP contribution is -2.37. The summed E-state index contributed by atoms with van der Waals surface area (Å²) in [5, 5.41) is 9.21. The lowest BCUT2D eigenvalue weighted by molar-refractivity contribution is 0.213. The first-order valence-electron chi connectivity index (χ1n) is 6.12. The van der Waals surface area contributed by atoms with E-state index in [0.717, 1.165) is 12.5 Å². The Kier molecular flexibility index (Phi) is 4.19. The number of nitrogens with two attached hydrogens (primary N) is 1. The summed E-state index contributed by atoms with van der Waals surface area (Å²) in [6.45, 7) is 0.117. The molecule has 0 saturated carbocycles. The van der Waals surface area contributed by atoms with E-state index < -0.39 is 21.9 Å². The van der Waals surface area contributed by atoms with Gasteiger partial charge in [0.25, 0.3) is 0 Å².